The molecule has 7 nitrogen and oxygen atoms in total. The first kappa shape index (κ1) is 23.2. The Labute approximate surface area is 186 Å². The molecule has 2 aromatic rings. The van der Waals surface area contributed by atoms with Crippen molar-refractivity contribution in [3.63, 3.8) is 0 Å². The first-order valence-electron chi connectivity index (χ1n) is 11.0. The van der Waals surface area contributed by atoms with E-state index in [2.05, 4.69) is 32.9 Å². The van der Waals surface area contributed by atoms with Crippen molar-refractivity contribution in [2.75, 3.05) is 18.0 Å². The lowest BCUT2D eigenvalue weighted by molar-refractivity contribution is 0.372. The molecule has 0 bridgehead atoms. The molecule has 1 aliphatic rings. The Hall–Kier alpha value is -2.45. The van der Waals surface area contributed by atoms with Crippen LogP contribution < -0.4 is 4.90 Å². The third-order valence-electron chi connectivity index (χ3n) is 5.46. The second-order valence-corrected chi connectivity index (χ2v) is 9.65. The van der Waals surface area contributed by atoms with Gasteiger partial charge in [0.2, 0.25) is 10.0 Å². The third-order valence-corrected chi connectivity index (χ3v) is 7.29. The van der Waals surface area contributed by atoms with Gasteiger partial charge in [0.05, 0.1) is 23.5 Å². The van der Waals surface area contributed by atoms with E-state index < -0.39 is 10.0 Å². The van der Waals surface area contributed by atoms with E-state index in [9.17, 15) is 8.42 Å². The zero-order valence-corrected chi connectivity index (χ0v) is 19.5. The number of benzene rings is 1. The Kier molecular flexibility index (Phi) is 8.03. The second-order valence-electron chi connectivity index (χ2n) is 7.72. The summed E-state index contributed by atoms with van der Waals surface area (Å²) in [5, 5.41) is 0. The molecule has 0 saturated heterocycles. The average Bonchev–Trinajstić information content (AvgIpc) is 3.22. The van der Waals surface area contributed by atoms with Gasteiger partial charge in [0, 0.05) is 43.8 Å². The van der Waals surface area contributed by atoms with Gasteiger partial charge < -0.3 is 9.88 Å². The number of nitrogens with zero attached hydrogens (tertiary/aromatic N) is 4. The van der Waals surface area contributed by atoms with Crippen molar-refractivity contribution >= 4 is 21.9 Å². The summed E-state index contributed by atoms with van der Waals surface area (Å²) in [4.78, 5) is 14.2. The van der Waals surface area contributed by atoms with Crippen LogP contribution in [0.1, 0.15) is 51.3 Å². The summed E-state index contributed by atoms with van der Waals surface area (Å²) in [5.74, 6) is 0. The third kappa shape index (κ3) is 5.43. The highest BCUT2D eigenvalue weighted by Crippen LogP contribution is 2.32. The van der Waals surface area contributed by atoms with Gasteiger partial charge in [-0.25, -0.2) is 13.4 Å². The summed E-state index contributed by atoms with van der Waals surface area (Å²) in [7, 11) is -3.66. The Morgan fingerprint density at radius 1 is 1.29 bits per heavy atom. The fourth-order valence-corrected chi connectivity index (χ4v) is 5.56. The second kappa shape index (κ2) is 10.7. The van der Waals surface area contributed by atoms with Crippen LogP contribution in [0.2, 0.25) is 0 Å². The molecular formula is C23H33N5O2S. The van der Waals surface area contributed by atoms with Crippen molar-refractivity contribution < 1.29 is 8.42 Å². The van der Waals surface area contributed by atoms with Gasteiger partial charge in [-0.2, -0.15) is 4.31 Å². The number of aromatic amines is 1. The van der Waals surface area contributed by atoms with Gasteiger partial charge in [0.1, 0.15) is 0 Å². The van der Waals surface area contributed by atoms with E-state index in [1.807, 2.05) is 38.2 Å². The van der Waals surface area contributed by atoms with Crippen molar-refractivity contribution in [2.24, 2.45) is 4.99 Å². The largest absolute Gasteiger partial charge is 0.361 e. The molecule has 1 aromatic heterocycles. The summed E-state index contributed by atoms with van der Waals surface area (Å²) in [6, 6.07) is 8.15. The van der Waals surface area contributed by atoms with Crippen molar-refractivity contribution in [1.82, 2.24) is 14.3 Å². The molecule has 1 aromatic carbocycles. The Bertz CT molecular complexity index is 999. The van der Waals surface area contributed by atoms with Crippen LogP contribution in [-0.2, 0) is 23.1 Å². The minimum atomic E-state index is -3.66. The zero-order chi connectivity index (χ0) is 22.3. The van der Waals surface area contributed by atoms with Crippen LogP contribution in [0.15, 0.2) is 52.8 Å². The summed E-state index contributed by atoms with van der Waals surface area (Å²) < 4.78 is 28.9. The number of aliphatic imine (C=N–C) groups is 1. The summed E-state index contributed by atoms with van der Waals surface area (Å²) in [5.41, 5.74) is 3.10. The minimum Gasteiger partial charge on any atom is -0.361 e. The molecule has 1 atom stereocenters. The number of rotatable bonds is 9. The molecule has 1 aliphatic heterocycles. The molecule has 31 heavy (non-hydrogen) atoms. The van der Waals surface area contributed by atoms with Gasteiger partial charge in [-0.15, -0.1) is 0 Å². The minimum absolute atomic E-state index is 0.0534. The standard InChI is InChI=1S/C23H33N5O2S/c1-4-9-21-17-27(31(29,30)22(10-5-2)14-24-6-3)15-19-11-7-8-12-23(19)28(21)16-20-13-25-18-26-20/h7-8,10-14,18,21H,4-6,9,15-17H2,1-3H3,(H,25,26)/b22-10+,24-14?. The predicted molar refractivity (Wildman–Crippen MR) is 127 cm³/mol. The van der Waals surface area contributed by atoms with Crippen LogP contribution in [0.5, 0.6) is 0 Å². The first-order valence-corrected chi connectivity index (χ1v) is 12.5. The number of hydrogen-bond acceptors (Lipinski definition) is 5. The maximum Gasteiger partial charge on any atom is 0.244 e. The van der Waals surface area contributed by atoms with Crippen LogP contribution in [0.3, 0.4) is 0 Å². The highest BCUT2D eigenvalue weighted by molar-refractivity contribution is 7.93. The lowest BCUT2D eigenvalue weighted by Gasteiger charge is -2.33. The fourth-order valence-electron chi connectivity index (χ4n) is 4.00. The molecule has 0 aliphatic carbocycles. The lowest BCUT2D eigenvalue weighted by atomic mass is 10.1. The van der Waals surface area contributed by atoms with Gasteiger partial charge in [-0.05, 0) is 31.4 Å². The van der Waals surface area contributed by atoms with E-state index in [0.717, 1.165) is 29.8 Å². The molecule has 1 N–H and O–H groups in total. The molecular weight excluding hydrogens is 410 g/mol. The van der Waals surface area contributed by atoms with Crippen LogP contribution in [0.4, 0.5) is 5.69 Å². The number of sulfonamides is 1. The highest BCUT2D eigenvalue weighted by atomic mass is 32.2. The number of H-pyrrole nitrogens is 1. The molecule has 8 heteroatoms. The number of hydrogen-bond donors (Lipinski definition) is 1. The van der Waals surface area contributed by atoms with Crippen molar-refractivity contribution in [3.8, 4) is 0 Å². The number of fused-ring (bicyclic) bond motifs is 1. The van der Waals surface area contributed by atoms with Crippen molar-refractivity contribution in [1.29, 1.82) is 0 Å². The van der Waals surface area contributed by atoms with Crippen molar-refractivity contribution in [2.45, 2.75) is 59.2 Å². The summed E-state index contributed by atoms with van der Waals surface area (Å²) >= 11 is 0. The van der Waals surface area contributed by atoms with Gasteiger partial charge in [0.15, 0.2) is 0 Å². The highest BCUT2D eigenvalue weighted by Gasteiger charge is 2.34. The molecule has 2 heterocycles. The van der Waals surface area contributed by atoms with Gasteiger partial charge in [-0.1, -0.05) is 44.5 Å². The molecule has 1 unspecified atom stereocenters. The van der Waals surface area contributed by atoms with E-state index in [1.165, 1.54) is 6.21 Å². The summed E-state index contributed by atoms with van der Waals surface area (Å²) in [6.07, 6.45) is 9.27. The molecule has 0 radical (unpaired) electrons. The SMILES string of the molecule is CC/C=C(\C=NCC)S(=O)(=O)N1Cc2ccccc2N(Cc2cnc[nH]2)C(CCC)C1. The van der Waals surface area contributed by atoms with Crippen LogP contribution in [-0.4, -0.2) is 48.0 Å². The van der Waals surface area contributed by atoms with Gasteiger partial charge in [-0.3, -0.25) is 4.99 Å². The number of nitrogens with one attached hydrogen (secondary N) is 1. The van der Waals surface area contributed by atoms with E-state index in [0.29, 0.717) is 32.6 Å². The number of aromatic nitrogens is 2. The van der Waals surface area contributed by atoms with E-state index in [4.69, 9.17) is 0 Å². The molecule has 3 rings (SSSR count). The zero-order valence-electron chi connectivity index (χ0n) is 18.7. The molecule has 0 saturated carbocycles. The predicted octanol–water partition coefficient (Wildman–Crippen LogP) is 4.12. The monoisotopic (exact) mass is 443 g/mol. The Balaban J connectivity index is 2.04. The Morgan fingerprint density at radius 3 is 2.77 bits per heavy atom. The smallest absolute Gasteiger partial charge is 0.244 e. The molecule has 0 amide bonds. The van der Waals surface area contributed by atoms with Gasteiger partial charge in [0.25, 0.3) is 0 Å². The molecule has 0 fully saturated rings. The average molecular weight is 444 g/mol. The molecule has 0 spiro atoms. The first-order chi connectivity index (χ1) is 15.0. The number of imidazole rings is 1. The number of anilines is 1. The normalized spacial score (nSPS) is 18.4. The van der Waals surface area contributed by atoms with Crippen LogP contribution in [0.25, 0.3) is 0 Å². The molecule has 168 valence electrons. The maximum absolute atomic E-state index is 13.6. The van der Waals surface area contributed by atoms with Crippen molar-refractivity contribution in [3.05, 3.63) is 59.0 Å². The number of para-hydroxylation sites is 1. The van der Waals surface area contributed by atoms with Gasteiger partial charge >= 0.3 is 0 Å². The quantitative estimate of drug-likeness (QED) is 0.591. The topological polar surface area (TPSA) is 81.7 Å². The fraction of sp³-hybridized carbons (Fsp3) is 0.478. The van der Waals surface area contributed by atoms with Crippen LogP contribution >= 0.6 is 0 Å². The van der Waals surface area contributed by atoms with E-state index in [-0.39, 0.29) is 10.9 Å². The van der Waals surface area contributed by atoms with Crippen LogP contribution in [0, 0.1) is 0 Å². The van der Waals surface area contributed by atoms with E-state index >= 15 is 0 Å². The number of allylic oxidation sites excluding steroid dienone is 2. The lowest BCUT2D eigenvalue weighted by Crippen LogP contribution is -2.43. The maximum atomic E-state index is 13.6. The Morgan fingerprint density at radius 2 is 2.10 bits per heavy atom. The summed E-state index contributed by atoms with van der Waals surface area (Å²) in [6.45, 7) is 7.97. The van der Waals surface area contributed by atoms with E-state index in [1.54, 1.807) is 16.7 Å².